The van der Waals surface area contributed by atoms with Gasteiger partial charge in [-0.25, -0.2) is 4.79 Å². The molecule has 2 aromatic heterocycles. The van der Waals surface area contributed by atoms with Gasteiger partial charge in [-0.1, -0.05) is 18.2 Å². The van der Waals surface area contributed by atoms with Crippen molar-refractivity contribution in [1.29, 1.82) is 0 Å². The molecule has 2 aromatic rings. The van der Waals surface area contributed by atoms with Crippen molar-refractivity contribution in [3.05, 3.63) is 76.0 Å². The number of nitrogens with zero attached hydrogens (tertiary/aromatic N) is 2. The van der Waals surface area contributed by atoms with Crippen molar-refractivity contribution in [2.45, 2.75) is 19.8 Å². The number of aromatic nitrogens is 3. The molecule has 0 spiro atoms. The molecule has 0 aromatic carbocycles. The predicted molar refractivity (Wildman–Crippen MR) is 96.5 cm³/mol. The van der Waals surface area contributed by atoms with Gasteiger partial charge in [-0.3, -0.25) is 4.79 Å². The average Bonchev–Trinajstić information content (AvgIpc) is 3.14. The van der Waals surface area contributed by atoms with Crippen LogP contribution in [0.25, 0.3) is 11.4 Å². The van der Waals surface area contributed by atoms with E-state index in [1.165, 1.54) is 24.8 Å². The highest BCUT2D eigenvalue weighted by Crippen LogP contribution is 2.29. The molecule has 0 amide bonds. The molecular weight excluding hydrogens is 350 g/mol. The molecule has 2 aliphatic rings. The van der Waals surface area contributed by atoms with Crippen molar-refractivity contribution in [3.63, 3.8) is 0 Å². The zero-order valence-corrected chi connectivity index (χ0v) is 14.6. The fourth-order valence-corrected chi connectivity index (χ4v) is 2.87. The molecule has 0 fully saturated rings. The van der Waals surface area contributed by atoms with Crippen LogP contribution in [-0.2, 0) is 14.2 Å². The lowest BCUT2D eigenvalue weighted by Gasteiger charge is -2.19. The van der Waals surface area contributed by atoms with Crippen molar-refractivity contribution in [3.8, 4) is 0 Å². The molecule has 1 N–H and O–H groups in total. The number of fused-ring (bicyclic) bond motifs is 1. The van der Waals surface area contributed by atoms with Crippen LogP contribution in [0.15, 0.2) is 59.1 Å². The monoisotopic (exact) mass is 367 g/mol. The van der Waals surface area contributed by atoms with Crippen LogP contribution in [0.4, 0.5) is 0 Å². The number of hydrogen-bond donors (Lipinski definition) is 1. The molecule has 4 rings (SSSR count). The van der Waals surface area contributed by atoms with Crippen LogP contribution < -0.4 is 5.56 Å². The maximum absolute atomic E-state index is 12.4. The second-order valence-electron chi connectivity index (χ2n) is 5.92. The summed E-state index contributed by atoms with van der Waals surface area (Å²) >= 11 is 0. The van der Waals surface area contributed by atoms with E-state index in [0.29, 0.717) is 17.2 Å². The van der Waals surface area contributed by atoms with E-state index in [9.17, 15) is 9.59 Å². The first-order valence-corrected chi connectivity index (χ1v) is 8.55. The first kappa shape index (κ1) is 16.9. The van der Waals surface area contributed by atoms with E-state index >= 15 is 0 Å². The number of esters is 1. The van der Waals surface area contributed by atoms with E-state index < -0.39 is 11.5 Å². The Hall–Kier alpha value is -3.55. The normalized spacial score (nSPS) is 16.1. The molecule has 1 aliphatic heterocycles. The number of allylic oxidation sites excluding steroid dienone is 4. The van der Waals surface area contributed by atoms with Gasteiger partial charge >= 0.3 is 5.97 Å². The molecule has 3 heterocycles. The van der Waals surface area contributed by atoms with E-state index in [1.54, 1.807) is 6.92 Å². The van der Waals surface area contributed by atoms with Crippen LogP contribution in [0.3, 0.4) is 0 Å². The van der Waals surface area contributed by atoms with Crippen molar-refractivity contribution < 1.29 is 19.0 Å². The minimum Gasteiger partial charge on any atom is -0.465 e. The Kier molecular flexibility index (Phi) is 4.37. The van der Waals surface area contributed by atoms with Gasteiger partial charge in [0.05, 0.1) is 18.5 Å². The molecule has 138 valence electrons. The molecular formula is C19H17N3O5. The molecule has 1 aliphatic carbocycles. The summed E-state index contributed by atoms with van der Waals surface area (Å²) < 4.78 is 17.4. The number of aromatic amines is 1. The largest absolute Gasteiger partial charge is 0.465 e. The van der Waals surface area contributed by atoms with Gasteiger partial charge in [0.1, 0.15) is 18.1 Å². The van der Waals surface area contributed by atoms with Gasteiger partial charge in [0, 0.05) is 6.07 Å². The van der Waals surface area contributed by atoms with Crippen LogP contribution >= 0.6 is 0 Å². The first-order valence-electron chi connectivity index (χ1n) is 8.55. The zero-order valence-electron chi connectivity index (χ0n) is 14.6. The van der Waals surface area contributed by atoms with E-state index in [4.69, 9.17) is 14.2 Å². The zero-order chi connectivity index (χ0) is 18.8. The number of nitrogens with one attached hydrogen (secondary N) is 1. The maximum atomic E-state index is 12.4. The molecule has 0 saturated heterocycles. The van der Waals surface area contributed by atoms with E-state index in [-0.39, 0.29) is 17.8 Å². The third-order valence-corrected chi connectivity index (χ3v) is 4.16. The molecule has 0 atom stereocenters. The highest BCUT2D eigenvalue weighted by molar-refractivity contribution is 5.95. The van der Waals surface area contributed by atoms with Crippen LogP contribution in [0.1, 0.15) is 35.8 Å². The quantitative estimate of drug-likeness (QED) is 0.835. The highest BCUT2D eigenvalue weighted by atomic mass is 16.5. The Bertz CT molecular complexity index is 1080. The minimum absolute atomic E-state index is 0.170. The second kappa shape index (κ2) is 6.99. The molecule has 0 bridgehead atoms. The second-order valence-corrected chi connectivity index (χ2v) is 5.92. The topological polar surface area (TPSA) is 94.9 Å². The van der Waals surface area contributed by atoms with Crippen LogP contribution in [0, 0.1) is 0 Å². The van der Waals surface area contributed by atoms with E-state index in [2.05, 4.69) is 16.2 Å². The molecule has 8 nitrogen and oxygen atoms in total. The Morgan fingerprint density at radius 1 is 1.37 bits per heavy atom. The van der Waals surface area contributed by atoms with Crippen molar-refractivity contribution in [2.75, 3.05) is 6.61 Å². The molecule has 0 saturated carbocycles. The number of hydrogen-bond acceptors (Lipinski definition) is 6. The van der Waals surface area contributed by atoms with E-state index in [1.807, 2.05) is 12.2 Å². The summed E-state index contributed by atoms with van der Waals surface area (Å²) in [5.74, 6) is 0.352. The van der Waals surface area contributed by atoms with Crippen molar-refractivity contribution >= 4 is 17.4 Å². The number of rotatable bonds is 4. The fourth-order valence-electron chi connectivity index (χ4n) is 2.87. The SMILES string of the molecule is CCOC(=O)c1cnn2c(=O)cc(C3=COC=C(C4=CC=CCC4)O3)[nH]c12. The third kappa shape index (κ3) is 3.17. The Balaban J connectivity index is 1.69. The Morgan fingerprint density at radius 3 is 3.00 bits per heavy atom. The Labute approximate surface area is 154 Å². The fraction of sp³-hybridized carbons (Fsp3) is 0.211. The van der Waals surface area contributed by atoms with Gasteiger partial charge in [0.15, 0.2) is 17.2 Å². The lowest BCUT2D eigenvalue weighted by molar-refractivity contribution is 0.0528. The minimum atomic E-state index is -0.560. The summed E-state index contributed by atoms with van der Waals surface area (Å²) in [4.78, 5) is 27.5. The van der Waals surface area contributed by atoms with Gasteiger partial charge < -0.3 is 19.2 Å². The van der Waals surface area contributed by atoms with Gasteiger partial charge in [0.25, 0.3) is 5.56 Å². The van der Waals surface area contributed by atoms with Crippen molar-refractivity contribution in [1.82, 2.24) is 14.6 Å². The summed E-state index contributed by atoms with van der Waals surface area (Å²) in [5.41, 5.74) is 1.37. The third-order valence-electron chi connectivity index (χ3n) is 4.16. The summed E-state index contributed by atoms with van der Waals surface area (Å²) in [5, 5.41) is 3.95. The molecule has 8 heteroatoms. The molecule has 0 unspecified atom stereocenters. The smallest absolute Gasteiger partial charge is 0.343 e. The first-order chi connectivity index (χ1) is 13.2. The van der Waals surface area contributed by atoms with Gasteiger partial charge in [-0.2, -0.15) is 9.61 Å². The average molecular weight is 367 g/mol. The number of ether oxygens (including phenoxy) is 3. The molecule has 0 radical (unpaired) electrons. The lowest BCUT2D eigenvalue weighted by atomic mass is 10.0. The van der Waals surface area contributed by atoms with Crippen LogP contribution in [0.2, 0.25) is 0 Å². The Morgan fingerprint density at radius 2 is 2.22 bits per heavy atom. The summed E-state index contributed by atoms with van der Waals surface area (Å²) in [6.45, 7) is 1.93. The number of carbonyl (C=O) groups is 1. The maximum Gasteiger partial charge on any atom is 0.343 e. The summed E-state index contributed by atoms with van der Waals surface area (Å²) in [6, 6.07) is 1.34. The molecule has 27 heavy (non-hydrogen) atoms. The van der Waals surface area contributed by atoms with Crippen LogP contribution in [-0.4, -0.2) is 27.2 Å². The van der Waals surface area contributed by atoms with Gasteiger partial charge in [-0.15, -0.1) is 0 Å². The number of H-pyrrole nitrogens is 1. The summed E-state index contributed by atoms with van der Waals surface area (Å²) in [6.07, 6.45) is 12.0. The van der Waals surface area contributed by atoms with Crippen molar-refractivity contribution in [2.24, 2.45) is 0 Å². The van der Waals surface area contributed by atoms with E-state index in [0.717, 1.165) is 22.9 Å². The van der Waals surface area contributed by atoms with Gasteiger partial charge in [-0.05, 0) is 25.3 Å². The number of carbonyl (C=O) groups excluding carboxylic acids is 1. The van der Waals surface area contributed by atoms with Crippen LogP contribution in [0.5, 0.6) is 0 Å². The summed E-state index contributed by atoms with van der Waals surface area (Å²) in [7, 11) is 0. The van der Waals surface area contributed by atoms with Gasteiger partial charge in [0.2, 0.25) is 0 Å². The predicted octanol–water partition coefficient (Wildman–Crippen LogP) is 2.66. The lowest BCUT2D eigenvalue weighted by Crippen LogP contribution is -2.17. The highest BCUT2D eigenvalue weighted by Gasteiger charge is 2.21. The standard InChI is InChI=1S/C19H17N3O5/c1-2-26-19(24)13-9-20-22-17(23)8-14(21-18(13)22)16-11-25-10-15(27-16)12-6-4-3-5-7-12/h3-4,6,8-11,21H,2,5,7H2,1H3.